The zero-order valence-corrected chi connectivity index (χ0v) is 30.5. The molecule has 0 saturated carbocycles. The molecule has 1 rings (SSSR count). The van der Waals surface area contributed by atoms with Gasteiger partial charge in [0.2, 0.25) is 5.91 Å². The third kappa shape index (κ3) is 21.7. The normalized spacial score (nSPS) is 22.9. The van der Waals surface area contributed by atoms with Crippen molar-refractivity contribution >= 4 is 5.91 Å². The number of ether oxygens (including phenoxy) is 2. The van der Waals surface area contributed by atoms with Gasteiger partial charge in [0.1, 0.15) is 24.4 Å². The smallest absolute Gasteiger partial charge is 0.220 e. The lowest BCUT2D eigenvalue weighted by Gasteiger charge is -2.40. The van der Waals surface area contributed by atoms with Crippen LogP contribution in [-0.4, -0.2) is 87.5 Å². The highest BCUT2D eigenvalue weighted by molar-refractivity contribution is 5.76. The van der Waals surface area contributed by atoms with Gasteiger partial charge in [-0.05, 0) is 64.2 Å². The summed E-state index contributed by atoms with van der Waals surface area (Å²) in [5.74, 6) is -0.167. The standard InChI is InChI=1S/C39H73NO8/c1-3-5-7-9-11-13-15-17-19-21-23-25-27-29-35(43)40-32(31-47-39-38(46)37(45)36(44)34(30-41)48-39)33(42)28-26-24-22-20-18-16-14-12-10-8-6-4-2/h13,15,18,20,32-34,36-39,41-42,44-46H,3-12,14,16-17,19,21-31H2,1-2H3,(H,40,43)/b15-13+,20-18+/t32-,33+,34-,36-,37?,38?,39-/m0/s1. The van der Waals surface area contributed by atoms with E-state index in [0.717, 1.165) is 64.2 Å². The Hall–Kier alpha value is -1.33. The first-order valence-corrected chi connectivity index (χ1v) is 19.5. The predicted molar refractivity (Wildman–Crippen MR) is 193 cm³/mol. The lowest BCUT2D eigenvalue weighted by molar-refractivity contribution is -0.302. The summed E-state index contributed by atoms with van der Waals surface area (Å²) in [6.45, 7) is 3.75. The highest BCUT2D eigenvalue weighted by Gasteiger charge is 2.44. The Morgan fingerprint density at radius 3 is 1.71 bits per heavy atom. The van der Waals surface area contributed by atoms with Crippen LogP contribution in [0.2, 0.25) is 0 Å². The van der Waals surface area contributed by atoms with Gasteiger partial charge in [-0.2, -0.15) is 0 Å². The molecule has 1 fully saturated rings. The van der Waals surface area contributed by atoms with E-state index in [-0.39, 0.29) is 12.5 Å². The van der Waals surface area contributed by atoms with Crippen LogP contribution in [0.25, 0.3) is 0 Å². The molecule has 1 heterocycles. The minimum atomic E-state index is -1.56. The van der Waals surface area contributed by atoms with E-state index in [4.69, 9.17) is 9.47 Å². The van der Waals surface area contributed by atoms with Crippen LogP contribution in [0.15, 0.2) is 24.3 Å². The van der Waals surface area contributed by atoms with Gasteiger partial charge in [-0.1, -0.05) is 115 Å². The molecule has 0 aliphatic carbocycles. The topological polar surface area (TPSA) is 149 Å². The highest BCUT2D eigenvalue weighted by Crippen LogP contribution is 2.23. The number of carbonyl (C=O) groups excluding carboxylic acids is 1. The maximum absolute atomic E-state index is 12.9. The Kier molecular flexibility index (Phi) is 28.4. The van der Waals surface area contributed by atoms with E-state index in [2.05, 4.69) is 43.5 Å². The summed E-state index contributed by atoms with van der Waals surface area (Å²) in [6.07, 6.45) is 26.1. The van der Waals surface area contributed by atoms with Crippen LogP contribution < -0.4 is 5.32 Å². The molecule has 6 N–H and O–H groups in total. The highest BCUT2D eigenvalue weighted by atomic mass is 16.7. The molecule has 0 aromatic carbocycles. The molecule has 1 aliphatic rings. The van der Waals surface area contributed by atoms with Crippen molar-refractivity contribution in [3.05, 3.63) is 24.3 Å². The number of aliphatic hydroxyl groups excluding tert-OH is 5. The van der Waals surface area contributed by atoms with Gasteiger partial charge < -0.3 is 40.3 Å². The van der Waals surface area contributed by atoms with Crippen molar-refractivity contribution in [1.82, 2.24) is 5.32 Å². The minimum absolute atomic E-state index is 0.153. The molecule has 9 heteroatoms. The van der Waals surface area contributed by atoms with E-state index >= 15 is 0 Å². The number of hydrogen-bond donors (Lipinski definition) is 6. The Morgan fingerprint density at radius 1 is 0.688 bits per heavy atom. The Labute approximate surface area is 292 Å². The Bertz CT molecular complexity index is 807. The predicted octanol–water partition coefficient (Wildman–Crippen LogP) is 6.77. The second-order valence-corrected chi connectivity index (χ2v) is 13.7. The van der Waals surface area contributed by atoms with E-state index in [1.54, 1.807) is 0 Å². The molecule has 1 amide bonds. The molecule has 0 bridgehead atoms. The van der Waals surface area contributed by atoms with Crippen LogP contribution in [0.4, 0.5) is 0 Å². The van der Waals surface area contributed by atoms with E-state index < -0.39 is 49.5 Å². The van der Waals surface area contributed by atoms with E-state index in [1.165, 1.54) is 70.6 Å². The second kappa shape index (κ2) is 30.5. The van der Waals surface area contributed by atoms with Gasteiger partial charge >= 0.3 is 0 Å². The van der Waals surface area contributed by atoms with Crippen LogP contribution in [0.1, 0.15) is 162 Å². The zero-order chi connectivity index (χ0) is 35.2. The van der Waals surface area contributed by atoms with Gasteiger partial charge in [-0.15, -0.1) is 0 Å². The lowest BCUT2D eigenvalue weighted by atomic mass is 9.99. The summed E-state index contributed by atoms with van der Waals surface area (Å²) in [7, 11) is 0. The van der Waals surface area contributed by atoms with Crippen molar-refractivity contribution in [2.45, 2.75) is 204 Å². The summed E-state index contributed by atoms with van der Waals surface area (Å²) < 4.78 is 11.2. The molecule has 9 nitrogen and oxygen atoms in total. The summed E-state index contributed by atoms with van der Waals surface area (Å²) in [5, 5.41) is 54.0. The number of hydrogen-bond acceptors (Lipinski definition) is 8. The first-order valence-electron chi connectivity index (χ1n) is 19.5. The number of allylic oxidation sites excluding steroid dienone is 4. The first kappa shape index (κ1) is 44.7. The van der Waals surface area contributed by atoms with Crippen molar-refractivity contribution in [3.63, 3.8) is 0 Å². The molecule has 0 aromatic rings. The largest absolute Gasteiger partial charge is 0.394 e. The van der Waals surface area contributed by atoms with Gasteiger partial charge in [0.25, 0.3) is 0 Å². The number of nitrogens with one attached hydrogen (secondary N) is 1. The number of unbranched alkanes of at least 4 members (excludes halogenated alkanes) is 17. The second-order valence-electron chi connectivity index (χ2n) is 13.7. The molecule has 1 saturated heterocycles. The Morgan fingerprint density at radius 2 is 1.17 bits per heavy atom. The van der Waals surface area contributed by atoms with Crippen LogP contribution in [0.3, 0.4) is 0 Å². The van der Waals surface area contributed by atoms with Crippen molar-refractivity contribution in [3.8, 4) is 0 Å². The summed E-state index contributed by atoms with van der Waals surface area (Å²) in [6, 6.07) is -0.734. The van der Waals surface area contributed by atoms with Gasteiger partial charge in [0.15, 0.2) is 6.29 Å². The van der Waals surface area contributed by atoms with E-state index in [0.29, 0.717) is 12.8 Å². The van der Waals surface area contributed by atoms with Gasteiger partial charge in [-0.3, -0.25) is 4.79 Å². The molecule has 1 aliphatic heterocycles. The minimum Gasteiger partial charge on any atom is -0.394 e. The van der Waals surface area contributed by atoms with Crippen LogP contribution in [0, 0.1) is 0 Å². The number of carbonyl (C=O) groups is 1. The molecule has 0 spiro atoms. The molecule has 48 heavy (non-hydrogen) atoms. The molecule has 0 aromatic heterocycles. The number of aliphatic hydroxyl groups is 5. The van der Waals surface area contributed by atoms with Crippen molar-refractivity contribution in [1.29, 1.82) is 0 Å². The van der Waals surface area contributed by atoms with Crippen molar-refractivity contribution in [2.24, 2.45) is 0 Å². The van der Waals surface area contributed by atoms with Gasteiger partial charge in [-0.25, -0.2) is 0 Å². The number of rotatable bonds is 31. The lowest BCUT2D eigenvalue weighted by Crippen LogP contribution is -2.60. The molecular weight excluding hydrogens is 610 g/mol. The van der Waals surface area contributed by atoms with Crippen molar-refractivity contribution < 1.29 is 39.8 Å². The maximum Gasteiger partial charge on any atom is 0.220 e. The summed E-state index contributed by atoms with van der Waals surface area (Å²) in [5.41, 5.74) is 0. The van der Waals surface area contributed by atoms with E-state index in [9.17, 15) is 30.3 Å². The number of amides is 1. The monoisotopic (exact) mass is 684 g/mol. The molecular formula is C39H73NO8. The van der Waals surface area contributed by atoms with Gasteiger partial charge in [0, 0.05) is 6.42 Å². The molecule has 282 valence electrons. The maximum atomic E-state index is 12.9. The molecule has 0 radical (unpaired) electrons. The Balaban J connectivity index is 2.45. The van der Waals surface area contributed by atoms with E-state index in [1.807, 2.05) is 0 Å². The third-order valence-corrected chi connectivity index (χ3v) is 9.28. The SMILES string of the molecule is CCCCCC/C=C/CCCCCCCC(=O)N[C@@H](CO[C@H]1O[C@@H](CO)[C@H](O)C(O)C1O)[C@H](O)CCCC/C=C/CCCCCCCC. The average Bonchev–Trinajstić information content (AvgIpc) is 3.08. The van der Waals surface area contributed by atoms with Gasteiger partial charge in [0.05, 0.1) is 25.4 Å². The fraction of sp³-hybridized carbons (Fsp3) is 0.872. The molecule has 7 atom stereocenters. The quantitative estimate of drug-likeness (QED) is 0.0346. The van der Waals surface area contributed by atoms with Crippen LogP contribution in [-0.2, 0) is 14.3 Å². The van der Waals surface area contributed by atoms with Crippen LogP contribution in [0.5, 0.6) is 0 Å². The fourth-order valence-electron chi connectivity index (χ4n) is 6.03. The third-order valence-electron chi connectivity index (χ3n) is 9.28. The summed E-state index contributed by atoms with van der Waals surface area (Å²) >= 11 is 0. The first-order chi connectivity index (χ1) is 23.3. The zero-order valence-electron chi connectivity index (χ0n) is 30.5. The fourth-order valence-corrected chi connectivity index (χ4v) is 6.03. The van der Waals surface area contributed by atoms with Crippen molar-refractivity contribution in [2.75, 3.05) is 13.2 Å². The van der Waals surface area contributed by atoms with Crippen LogP contribution >= 0.6 is 0 Å². The summed E-state index contributed by atoms with van der Waals surface area (Å²) in [4.78, 5) is 12.9. The average molecular weight is 684 g/mol. The molecule has 2 unspecified atom stereocenters.